The Hall–Kier alpha value is -0.580. The third-order valence-electron chi connectivity index (χ3n) is 2.80. The van der Waals surface area contributed by atoms with Crippen molar-refractivity contribution in [1.29, 1.82) is 0 Å². The van der Waals surface area contributed by atoms with E-state index in [0.29, 0.717) is 6.54 Å². The Kier molecular flexibility index (Phi) is 4.35. The first-order chi connectivity index (χ1) is 7.34. The van der Waals surface area contributed by atoms with Gasteiger partial charge in [-0.2, -0.15) is 0 Å². The molecular formula is C11H16ClNO2S. The number of likely N-dealkylation sites (N-methyl/N-ethyl adjacent to an activating group) is 1. The summed E-state index contributed by atoms with van der Waals surface area (Å²) in [6.07, 6.45) is 0.824. The summed E-state index contributed by atoms with van der Waals surface area (Å²) in [5.41, 5.74) is -0.832. The van der Waals surface area contributed by atoms with E-state index in [0.717, 1.165) is 10.8 Å². The van der Waals surface area contributed by atoms with E-state index in [4.69, 9.17) is 16.7 Å². The van der Waals surface area contributed by atoms with E-state index in [1.165, 1.54) is 4.88 Å². The molecule has 0 saturated carbocycles. The van der Waals surface area contributed by atoms with Crippen LogP contribution in [0.25, 0.3) is 0 Å². The smallest absolute Gasteiger partial charge is 0.323 e. The molecule has 0 bridgehead atoms. The number of halogens is 1. The zero-order valence-corrected chi connectivity index (χ0v) is 11.2. The minimum atomic E-state index is -0.832. The monoisotopic (exact) mass is 261 g/mol. The third kappa shape index (κ3) is 3.20. The molecule has 0 amide bonds. The molecule has 16 heavy (non-hydrogen) atoms. The van der Waals surface area contributed by atoms with Gasteiger partial charge in [-0.25, -0.2) is 0 Å². The number of carboxylic acids is 1. The Balaban J connectivity index is 2.53. The molecule has 5 heteroatoms. The predicted octanol–water partition coefficient (Wildman–Crippen LogP) is 2.74. The van der Waals surface area contributed by atoms with Crippen LogP contribution in [0.3, 0.4) is 0 Å². The van der Waals surface area contributed by atoms with Crippen molar-refractivity contribution in [3.05, 3.63) is 21.3 Å². The molecule has 0 saturated heterocycles. The Morgan fingerprint density at radius 3 is 2.62 bits per heavy atom. The fraction of sp³-hybridized carbons (Fsp3) is 0.545. The van der Waals surface area contributed by atoms with Crippen molar-refractivity contribution in [2.45, 2.75) is 25.8 Å². The van der Waals surface area contributed by atoms with Gasteiger partial charge in [0.15, 0.2) is 0 Å². The Morgan fingerprint density at radius 1 is 1.56 bits per heavy atom. The fourth-order valence-corrected chi connectivity index (χ4v) is 2.28. The van der Waals surface area contributed by atoms with Crippen molar-refractivity contribution in [3.8, 4) is 0 Å². The van der Waals surface area contributed by atoms with Crippen LogP contribution in [0.5, 0.6) is 0 Å². The van der Waals surface area contributed by atoms with Crippen LogP contribution < -0.4 is 0 Å². The molecule has 0 fully saturated rings. The zero-order chi connectivity index (χ0) is 12.3. The van der Waals surface area contributed by atoms with E-state index in [9.17, 15) is 4.79 Å². The van der Waals surface area contributed by atoms with Crippen LogP contribution in [0.4, 0.5) is 0 Å². The second-order valence-corrected chi connectivity index (χ2v) is 6.04. The van der Waals surface area contributed by atoms with Crippen molar-refractivity contribution in [1.82, 2.24) is 4.90 Å². The quantitative estimate of drug-likeness (QED) is 0.886. The molecule has 90 valence electrons. The molecule has 1 aromatic rings. The molecular weight excluding hydrogens is 246 g/mol. The molecule has 0 aliphatic carbocycles. The molecule has 0 unspecified atom stereocenters. The number of rotatable bonds is 5. The van der Waals surface area contributed by atoms with Gasteiger partial charge in [-0.1, -0.05) is 11.6 Å². The van der Waals surface area contributed by atoms with Crippen molar-refractivity contribution < 1.29 is 9.90 Å². The summed E-state index contributed by atoms with van der Waals surface area (Å²) in [6, 6.07) is 3.85. The maximum atomic E-state index is 11.0. The normalized spacial score (nSPS) is 12.1. The summed E-state index contributed by atoms with van der Waals surface area (Å²) in [4.78, 5) is 14.0. The van der Waals surface area contributed by atoms with Gasteiger partial charge in [0, 0.05) is 11.4 Å². The average Bonchev–Trinajstić information content (AvgIpc) is 2.60. The van der Waals surface area contributed by atoms with Crippen LogP contribution in [0.15, 0.2) is 12.1 Å². The van der Waals surface area contributed by atoms with Gasteiger partial charge in [0.1, 0.15) is 5.54 Å². The maximum Gasteiger partial charge on any atom is 0.323 e. The van der Waals surface area contributed by atoms with E-state index >= 15 is 0 Å². The average molecular weight is 262 g/mol. The standard InChI is InChI=1S/C11H16ClNO2S/c1-11(2,10(14)15)13(3)7-6-8-4-5-9(12)16-8/h4-5H,6-7H2,1-3H3,(H,14,15). The van der Waals surface area contributed by atoms with E-state index in [1.807, 2.05) is 24.1 Å². The Labute approximate surface area is 105 Å². The number of aliphatic carboxylic acids is 1. The summed E-state index contributed by atoms with van der Waals surface area (Å²) in [6.45, 7) is 4.11. The van der Waals surface area contributed by atoms with E-state index < -0.39 is 11.5 Å². The highest BCUT2D eigenvalue weighted by Gasteiger charge is 2.31. The molecule has 0 radical (unpaired) electrons. The van der Waals surface area contributed by atoms with Crippen molar-refractivity contribution in [2.75, 3.05) is 13.6 Å². The summed E-state index contributed by atoms with van der Waals surface area (Å²) in [5, 5.41) is 9.05. The minimum absolute atomic E-state index is 0.705. The molecule has 1 aromatic heterocycles. The van der Waals surface area contributed by atoms with Gasteiger partial charge in [-0.3, -0.25) is 9.69 Å². The number of nitrogens with zero attached hydrogens (tertiary/aromatic N) is 1. The maximum absolute atomic E-state index is 11.0. The van der Waals surface area contributed by atoms with Gasteiger partial charge >= 0.3 is 5.97 Å². The summed E-state index contributed by atoms with van der Waals surface area (Å²) in [7, 11) is 1.82. The number of carboxylic acid groups (broad SMARTS) is 1. The molecule has 0 aliphatic heterocycles. The number of carbonyl (C=O) groups is 1. The number of hydrogen-bond donors (Lipinski definition) is 1. The van der Waals surface area contributed by atoms with Gasteiger partial charge in [0.05, 0.1) is 4.34 Å². The molecule has 1 heterocycles. The summed E-state index contributed by atoms with van der Waals surface area (Å²) < 4.78 is 0.773. The summed E-state index contributed by atoms with van der Waals surface area (Å²) in [5.74, 6) is -0.806. The van der Waals surface area contributed by atoms with Gasteiger partial charge in [0.25, 0.3) is 0 Å². The van der Waals surface area contributed by atoms with Crippen molar-refractivity contribution in [3.63, 3.8) is 0 Å². The minimum Gasteiger partial charge on any atom is -0.480 e. The lowest BCUT2D eigenvalue weighted by Gasteiger charge is -2.31. The molecule has 0 aromatic carbocycles. The highest BCUT2D eigenvalue weighted by Crippen LogP contribution is 2.22. The lowest BCUT2D eigenvalue weighted by Crippen LogP contribution is -2.48. The van der Waals surface area contributed by atoms with Crippen LogP contribution in [-0.4, -0.2) is 35.1 Å². The zero-order valence-electron chi connectivity index (χ0n) is 9.66. The molecule has 0 spiro atoms. The molecule has 3 nitrogen and oxygen atoms in total. The van der Waals surface area contributed by atoms with Gasteiger partial charge in [-0.05, 0) is 39.4 Å². The topological polar surface area (TPSA) is 40.5 Å². The number of hydrogen-bond acceptors (Lipinski definition) is 3. The Bertz CT molecular complexity index is 376. The highest BCUT2D eigenvalue weighted by atomic mass is 35.5. The molecule has 1 N–H and O–H groups in total. The van der Waals surface area contributed by atoms with Crippen LogP contribution in [0.2, 0.25) is 4.34 Å². The van der Waals surface area contributed by atoms with Crippen molar-refractivity contribution in [2.24, 2.45) is 0 Å². The van der Waals surface area contributed by atoms with Crippen LogP contribution >= 0.6 is 22.9 Å². The second-order valence-electron chi connectivity index (χ2n) is 4.24. The molecule has 0 atom stereocenters. The fourth-order valence-electron chi connectivity index (χ4n) is 1.21. The highest BCUT2D eigenvalue weighted by molar-refractivity contribution is 7.16. The van der Waals surface area contributed by atoms with E-state index in [-0.39, 0.29) is 0 Å². The SMILES string of the molecule is CN(CCc1ccc(Cl)s1)C(C)(C)C(=O)O. The first kappa shape index (κ1) is 13.5. The predicted molar refractivity (Wildman–Crippen MR) is 67.4 cm³/mol. The molecule has 0 aliphatic rings. The summed E-state index contributed by atoms with van der Waals surface area (Å²) >= 11 is 7.37. The van der Waals surface area contributed by atoms with E-state index in [2.05, 4.69) is 0 Å². The lowest BCUT2D eigenvalue weighted by atomic mass is 10.0. The number of thiophene rings is 1. The van der Waals surface area contributed by atoms with Crippen LogP contribution in [-0.2, 0) is 11.2 Å². The van der Waals surface area contributed by atoms with Gasteiger partial charge in [-0.15, -0.1) is 11.3 Å². The van der Waals surface area contributed by atoms with E-state index in [1.54, 1.807) is 25.2 Å². The first-order valence-corrected chi connectivity index (χ1v) is 6.22. The van der Waals surface area contributed by atoms with Gasteiger partial charge < -0.3 is 5.11 Å². The Morgan fingerprint density at radius 2 is 2.19 bits per heavy atom. The largest absolute Gasteiger partial charge is 0.480 e. The van der Waals surface area contributed by atoms with Crippen molar-refractivity contribution >= 4 is 28.9 Å². The first-order valence-electron chi connectivity index (χ1n) is 5.03. The van der Waals surface area contributed by atoms with Crippen LogP contribution in [0, 0.1) is 0 Å². The van der Waals surface area contributed by atoms with Crippen LogP contribution in [0.1, 0.15) is 18.7 Å². The molecule has 1 rings (SSSR count). The third-order valence-corrected chi connectivity index (χ3v) is 4.09. The van der Waals surface area contributed by atoms with Gasteiger partial charge in [0.2, 0.25) is 0 Å². The lowest BCUT2D eigenvalue weighted by molar-refractivity contribution is -0.148. The second kappa shape index (κ2) is 5.17.